The number of carbonyl (C=O) groups excluding carboxylic acids is 1. The summed E-state index contributed by atoms with van der Waals surface area (Å²) < 4.78 is 25.4. The van der Waals surface area contributed by atoms with E-state index >= 15 is 0 Å². The minimum atomic E-state index is -3.03. The zero-order chi connectivity index (χ0) is 10.1. The average Bonchev–Trinajstić information content (AvgIpc) is 1.97. The molecule has 0 bridgehead atoms. The van der Waals surface area contributed by atoms with Gasteiger partial charge in [-0.1, -0.05) is 0 Å². The van der Waals surface area contributed by atoms with E-state index in [4.69, 9.17) is 10.8 Å². The summed E-state index contributed by atoms with van der Waals surface area (Å²) >= 11 is 0. The first kappa shape index (κ1) is 10.3. The molecule has 3 N–H and O–H groups in total. The van der Waals surface area contributed by atoms with E-state index in [1.165, 1.54) is 4.90 Å². The molecule has 1 heterocycles. The normalized spacial score (nSPS) is 28.7. The van der Waals surface area contributed by atoms with Crippen LogP contribution in [-0.2, 0) is 4.79 Å². The Bertz CT molecular complexity index is 211. The molecule has 0 aromatic heterocycles. The van der Waals surface area contributed by atoms with E-state index in [2.05, 4.69) is 0 Å². The summed E-state index contributed by atoms with van der Waals surface area (Å²) in [4.78, 5) is 11.9. The molecule has 13 heavy (non-hydrogen) atoms. The Morgan fingerprint density at radius 3 is 2.77 bits per heavy atom. The number of halogens is 2. The predicted molar refractivity (Wildman–Crippen MR) is 41.2 cm³/mol. The van der Waals surface area contributed by atoms with E-state index < -0.39 is 24.4 Å². The van der Waals surface area contributed by atoms with Crippen molar-refractivity contribution in [1.29, 1.82) is 0 Å². The number of carbonyl (C=O) groups is 1. The second-order valence-corrected chi connectivity index (χ2v) is 3.23. The first-order valence-corrected chi connectivity index (χ1v) is 3.98. The zero-order valence-corrected chi connectivity index (χ0v) is 7.04. The van der Waals surface area contributed by atoms with Crippen LogP contribution in [0.2, 0.25) is 0 Å². The van der Waals surface area contributed by atoms with Crippen LogP contribution in [0.5, 0.6) is 0 Å². The molecule has 76 valence electrons. The molecule has 1 rings (SSSR count). The van der Waals surface area contributed by atoms with Crippen LogP contribution in [0.15, 0.2) is 0 Å². The van der Waals surface area contributed by atoms with E-state index in [1.54, 1.807) is 0 Å². The summed E-state index contributed by atoms with van der Waals surface area (Å²) in [6.45, 7) is -0.184. The van der Waals surface area contributed by atoms with E-state index in [0.717, 1.165) is 0 Å². The quantitative estimate of drug-likeness (QED) is 0.603. The highest BCUT2D eigenvalue weighted by atomic mass is 19.3. The standard InChI is InChI=1S/C7H12F2N2O2/c8-7(9)1-2-11(3-5(7)12)4-6(10)13/h5,12H,1-4H2,(H2,10,13). The third kappa shape index (κ3) is 2.60. The molecule has 1 amide bonds. The number of hydrogen-bond donors (Lipinski definition) is 2. The molecule has 1 saturated heterocycles. The van der Waals surface area contributed by atoms with Gasteiger partial charge >= 0.3 is 0 Å². The van der Waals surface area contributed by atoms with Gasteiger partial charge in [0.05, 0.1) is 6.54 Å². The van der Waals surface area contributed by atoms with Crippen molar-refractivity contribution in [2.24, 2.45) is 5.73 Å². The maximum Gasteiger partial charge on any atom is 0.275 e. The van der Waals surface area contributed by atoms with Crippen LogP contribution in [-0.4, -0.2) is 47.6 Å². The van der Waals surface area contributed by atoms with Crippen LogP contribution in [0.25, 0.3) is 0 Å². The van der Waals surface area contributed by atoms with Crippen LogP contribution >= 0.6 is 0 Å². The number of primary amides is 1. The number of hydrogen-bond acceptors (Lipinski definition) is 3. The van der Waals surface area contributed by atoms with Gasteiger partial charge in [0.2, 0.25) is 5.91 Å². The second-order valence-electron chi connectivity index (χ2n) is 3.23. The number of nitrogens with zero attached hydrogens (tertiary/aromatic N) is 1. The van der Waals surface area contributed by atoms with Gasteiger partial charge in [0.25, 0.3) is 5.92 Å². The highest BCUT2D eigenvalue weighted by Crippen LogP contribution is 2.27. The van der Waals surface area contributed by atoms with Crippen LogP contribution in [0.1, 0.15) is 6.42 Å². The molecular formula is C7H12F2N2O2. The van der Waals surface area contributed by atoms with Gasteiger partial charge in [0.15, 0.2) is 0 Å². The van der Waals surface area contributed by atoms with Crippen LogP contribution in [0.3, 0.4) is 0 Å². The highest BCUT2D eigenvalue weighted by Gasteiger charge is 2.42. The van der Waals surface area contributed by atoms with Gasteiger partial charge in [-0.25, -0.2) is 8.78 Å². The van der Waals surface area contributed by atoms with Gasteiger partial charge < -0.3 is 10.8 Å². The fourth-order valence-electron chi connectivity index (χ4n) is 1.31. The lowest BCUT2D eigenvalue weighted by Crippen LogP contribution is -2.52. The first-order chi connectivity index (χ1) is 5.92. The molecule has 1 fully saturated rings. The van der Waals surface area contributed by atoms with Gasteiger partial charge in [0.1, 0.15) is 6.10 Å². The molecule has 0 aromatic carbocycles. The highest BCUT2D eigenvalue weighted by molar-refractivity contribution is 5.75. The van der Waals surface area contributed by atoms with Crippen molar-refractivity contribution in [3.8, 4) is 0 Å². The van der Waals surface area contributed by atoms with Crippen molar-refractivity contribution in [2.45, 2.75) is 18.4 Å². The van der Waals surface area contributed by atoms with Crippen LogP contribution in [0, 0.1) is 0 Å². The van der Waals surface area contributed by atoms with Gasteiger partial charge in [0, 0.05) is 19.5 Å². The Hall–Kier alpha value is -0.750. The summed E-state index contributed by atoms with van der Waals surface area (Å²) in [7, 11) is 0. The molecule has 4 nitrogen and oxygen atoms in total. The number of nitrogens with two attached hydrogens (primary N) is 1. The van der Waals surface area contributed by atoms with Crippen molar-refractivity contribution in [3.05, 3.63) is 0 Å². The zero-order valence-electron chi connectivity index (χ0n) is 7.04. The van der Waals surface area contributed by atoms with Crippen molar-refractivity contribution >= 4 is 5.91 Å². The van der Waals surface area contributed by atoms with Crippen molar-refractivity contribution < 1.29 is 18.7 Å². The first-order valence-electron chi connectivity index (χ1n) is 3.98. The lowest BCUT2D eigenvalue weighted by Gasteiger charge is -2.34. The Balaban J connectivity index is 2.46. The average molecular weight is 194 g/mol. The summed E-state index contributed by atoms with van der Waals surface area (Å²) in [5, 5.41) is 8.98. The summed E-state index contributed by atoms with van der Waals surface area (Å²) in [6, 6.07) is 0. The minimum absolute atomic E-state index is 0.0762. The van der Waals surface area contributed by atoms with Gasteiger partial charge in [-0.2, -0.15) is 0 Å². The molecule has 0 aromatic rings. The Morgan fingerprint density at radius 2 is 2.31 bits per heavy atom. The lowest BCUT2D eigenvalue weighted by molar-refractivity contribution is -0.150. The SMILES string of the molecule is NC(=O)CN1CCC(F)(F)C(O)C1. The molecule has 1 unspecified atom stereocenters. The number of aliphatic hydroxyl groups is 1. The third-order valence-electron chi connectivity index (χ3n) is 2.06. The number of amides is 1. The molecular weight excluding hydrogens is 182 g/mol. The topological polar surface area (TPSA) is 66.6 Å². The van der Waals surface area contributed by atoms with Crippen molar-refractivity contribution in [2.75, 3.05) is 19.6 Å². The van der Waals surface area contributed by atoms with Crippen molar-refractivity contribution in [1.82, 2.24) is 4.90 Å². The maximum atomic E-state index is 12.7. The Labute approximate surface area is 74.3 Å². The number of piperidine rings is 1. The Morgan fingerprint density at radius 1 is 1.69 bits per heavy atom. The number of β-amino-alcohol motifs (C(OH)–C–C–N with tert-alkyl or cyclic N) is 1. The molecule has 0 aliphatic carbocycles. The second kappa shape index (κ2) is 3.55. The number of rotatable bonds is 2. The van der Waals surface area contributed by atoms with Crippen LogP contribution < -0.4 is 5.73 Å². The molecule has 6 heteroatoms. The molecule has 1 atom stereocenters. The number of alkyl halides is 2. The van der Waals surface area contributed by atoms with E-state index in [9.17, 15) is 13.6 Å². The van der Waals surface area contributed by atoms with Gasteiger partial charge in [-0.3, -0.25) is 9.69 Å². The van der Waals surface area contributed by atoms with E-state index in [1.807, 2.05) is 0 Å². The fraction of sp³-hybridized carbons (Fsp3) is 0.857. The lowest BCUT2D eigenvalue weighted by atomic mass is 10.0. The fourth-order valence-corrected chi connectivity index (χ4v) is 1.31. The molecule has 0 radical (unpaired) electrons. The molecule has 1 aliphatic heterocycles. The van der Waals surface area contributed by atoms with Crippen LogP contribution in [0.4, 0.5) is 8.78 Å². The summed E-state index contributed by atoms with van der Waals surface area (Å²) in [5.74, 6) is -3.61. The smallest absolute Gasteiger partial charge is 0.275 e. The predicted octanol–water partition coefficient (Wildman–Crippen LogP) is -0.826. The van der Waals surface area contributed by atoms with E-state index in [0.29, 0.717) is 0 Å². The number of aliphatic hydroxyl groups excluding tert-OH is 1. The number of likely N-dealkylation sites (tertiary alicyclic amines) is 1. The Kier molecular flexibility index (Phi) is 2.82. The molecule has 0 spiro atoms. The van der Waals surface area contributed by atoms with Gasteiger partial charge in [-0.15, -0.1) is 0 Å². The third-order valence-corrected chi connectivity index (χ3v) is 2.06. The molecule has 0 saturated carbocycles. The summed E-state index contributed by atoms with van der Waals surface area (Å²) in [6.07, 6.45) is -2.12. The largest absolute Gasteiger partial charge is 0.386 e. The summed E-state index contributed by atoms with van der Waals surface area (Å²) in [5.41, 5.74) is 4.89. The van der Waals surface area contributed by atoms with Crippen molar-refractivity contribution in [3.63, 3.8) is 0 Å². The minimum Gasteiger partial charge on any atom is -0.386 e. The van der Waals surface area contributed by atoms with Gasteiger partial charge in [-0.05, 0) is 0 Å². The molecule has 1 aliphatic rings. The van der Waals surface area contributed by atoms with E-state index in [-0.39, 0.29) is 19.6 Å². The maximum absolute atomic E-state index is 12.7. The monoisotopic (exact) mass is 194 g/mol.